The van der Waals surface area contributed by atoms with Gasteiger partial charge in [0.2, 0.25) is 11.8 Å². The molecule has 0 rings (SSSR count). The maximum atomic E-state index is 11.1. The highest BCUT2D eigenvalue weighted by molar-refractivity contribution is 7.81. The zero-order valence-corrected chi connectivity index (χ0v) is 8.31. The molecule has 0 aliphatic heterocycles. The summed E-state index contributed by atoms with van der Waals surface area (Å²) in [5.74, 6) is -0.869. The summed E-state index contributed by atoms with van der Waals surface area (Å²) in [6.45, 7) is 4.71. The maximum Gasteiger partial charge on any atom is 0.242 e. The Bertz CT molecular complexity index is 202. The first-order chi connectivity index (χ1) is 5.27. The molecule has 0 bridgehead atoms. The lowest BCUT2D eigenvalue weighted by atomic mass is 10.1. The highest BCUT2D eigenvalue weighted by Crippen LogP contribution is 2.02. The third-order valence-corrected chi connectivity index (χ3v) is 1.67. The Labute approximate surface area is 77.3 Å². The van der Waals surface area contributed by atoms with E-state index in [2.05, 4.69) is 17.9 Å². The molecule has 0 fully saturated rings. The Balaban J connectivity index is 4.25. The van der Waals surface area contributed by atoms with Gasteiger partial charge in [-0.15, -0.1) is 0 Å². The summed E-state index contributed by atoms with van der Waals surface area (Å²) in [5.41, 5.74) is 4.03. The molecule has 12 heavy (non-hydrogen) atoms. The molecular formula is C7H14N2O2S. The molecule has 1 unspecified atom stereocenters. The molecule has 3 N–H and O–H groups in total. The SMILES string of the molecule is CC(S)C(=O)NC(C)(C)C(N)=O. The number of primary amides is 1. The zero-order chi connectivity index (χ0) is 9.94. The molecule has 4 nitrogen and oxygen atoms in total. The normalized spacial score (nSPS) is 13.7. The van der Waals surface area contributed by atoms with Crippen molar-refractivity contribution < 1.29 is 9.59 Å². The molecule has 0 spiro atoms. The smallest absolute Gasteiger partial charge is 0.242 e. The predicted octanol–water partition coefficient (Wildman–Crippen LogP) is -0.315. The number of nitrogens with two attached hydrogens (primary N) is 1. The van der Waals surface area contributed by atoms with Gasteiger partial charge in [-0.3, -0.25) is 9.59 Å². The van der Waals surface area contributed by atoms with Crippen LogP contribution >= 0.6 is 12.6 Å². The summed E-state index contributed by atoms with van der Waals surface area (Å²) in [6.07, 6.45) is 0. The van der Waals surface area contributed by atoms with Gasteiger partial charge in [0.1, 0.15) is 5.54 Å². The van der Waals surface area contributed by atoms with Gasteiger partial charge >= 0.3 is 0 Å². The van der Waals surface area contributed by atoms with Crippen molar-refractivity contribution in [1.29, 1.82) is 0 Å². The molecule has 5 heteroatoms. The number of amides is 2. The maximum absolute atomic E-state index is 11.1. The van der Waals surface area contributed by atoms with E-state index in [0.29, 0.717) is 0 Å². The van der Waals surface area contributed by atoms with Crippen molar-refractivity contribution >= 4 is 24.4 Å². The van der Waals surface area contributed by atoms with Crippen molar-refractivity contribution in [2.45, 2.75) is 31.6 Å². The van der Waals surface area contributed by atoms with Crippen LogP contribution in [0.3, 0.4) is 0 Å². The Morgan fingerprint density at radius 3 is 2.17 bits per heavy atom. The number of hydrogen-bond donors (Lipinski definition) is 3. The Morgan fingerprint density at radius 1 is 1.50 bits per heavy atom. The van der Waals surface area contributed by atoms with Gasteiger partial charge in [-0.05, 0) is 20.8 Å². The summed E-state index contributed by atoms with van der Waals surface area (Å²) >= 11 is 3.91. The number of hydrogen-bond acceptors (Lipinski definition) is 3. The van der Waals surface area contributed by atoms with E-state index in [-0.39, 0.29) is 5.91 Å². The highest BCUT2D eigenvalue weighted by atomic mass is 32.1. The van der Waals surface area contributed by atoms with Crippen LogP contribution in [0.4, 0.5) is 0 Å². The fourth-order valence-corrected chi connectivity index (χ4v) is 0.539. The molecule has 0 aliphatic carbocycles. The van der Waals surface area contributed by atoms with Gasteiger partial charge in [0.25, 0.3) is 0 Å². The van der Waals surface area contributed by atoms with Crippen molar-refractivity contribution in [1.82, 2.24) is 5.32 Å². The third-order valence-electron chi connectivity index (χ3n) is 1.43. The van der Waals surface area contributed by atoms with Crippen molar-refractivity contribution in [2.24, 2.45) is 5.73 Å². The van der Waals surface area contributed by atoms with Gasteiger partial charge in [-0.2, -0.15) is 12.6 Å². The number of rotatable bonds is 3. The number of carbonyl (C=O) groups excluding carboxylic acids is 2. The van der Waals surface area contributed by atoms with Gasteiger partial charge in [0, 0.05) is 0 Å². The highest BCUT2D eigenvalue weighted by Gasteiger charge is 2.27. The zero-order valence-electron chi connectivity index (χ0n) is 7.42. The topological polar surface area (TPSA) is 72.2 Å². The molecule has 0 aliphatic rings. The van der Waals surface area contributed by atoms with E-state index in [9.17, 15) is 9.59 Å². The fourth-order valence-electron chi connectivity index (χ4n) is 0.474. The van der Waals surface area contributed by atoms with E-state index < -0.39 is 16.7 Å². The van der Waals surface area contributed by atoms with Crippen molar-refractivity contribution in [2.75, 3.05) is 0 Å². The van der Waals surface area contributed by atoms with Crippen LogP contribution in [0.25, 0.3) is 0 Å². The van der Waals surface area contributed by atoms with Crippen LogP contribution in [0.15, 0.2) is 0 Å². The second kappa shape index (κ2) is 3.80. The molecule has 1 atom stereocenters. The molecule has 0 radical (unpaired) electrons. The second-order valence-corrected chi connectivity index (χ2v) is 3.93. The third kappa shape index (κ3) is 3.13. The molecule has 0 saturated heterocycles. The van der Waals surface area contributed by atoms with Crippen LogP contribution in [-0.4, -0.2) is 22.6 Å². The lowest BCUT2D eigenvalue weighted by Gasteiger charge is -2.23. The minimum Gasteiger partial charge on any atom is -0.368 e. The summed E-state index contributed by atoms with van der Waals surface area (Å²) in [7, 11) is 0. The molecule has 0 aromatic heterocycles. The minimum atomic E-state index is -1.01. The Hall–Kier alpha value is -0.710. The average Bonchev–Trinajstić information content (AvgIpc) is 1.85. The Kier molecular flexibility index (Phi) is 3.57. The van der Waals surface area contributed by atoms with E-state index in [1.807, 2.05) is 0 Å². The van der Waals surface area contributed by atoms with Crippen LogP contribution in [0, 0.1) is 0 Å². The number of carbonyl (C=O) groups is 2. The van der Waals surface area contributed by atoms with E-state index in [1.165, 1.54) is 0 Å². The summed E-state index contributed by atoms with van der Waals surface area (Å²) in [6, 6.07) is 0. The van der Waals surface area contributed by atoms with E-state index in [1.54, 1.807) is 20.8 Å². The largest absolute Gasteiger partial charge is 0.368 e. The van der Waals surface area contributed by atoms with Crippen LogP contribution in [0.1, 0.15) is 20.8 Å². The quantitative estimate of drug-likeness (QED) is 0.534. The average molecular weight is 190 g/mol. The lowest BCUT2D eigenvalue weighted by Crippen LogP contribution is -2.54. The van der Waals surface area contributed by atoms with Crippen molar-refractivity contribution in [3.05, 3.63) is 0 Å². The number of nitrogens with one attached hydrogen (secondary N) is 1. The summed E-state index contributed by atoms with van der Waals surface area (Å²) < 4.78 is 0. The molecular weight excluding hydrogens is 176 g/mol. The minimum absolute atomic E-state index is 0.304. The van der Waals surface area contributed by atoms with Gasteiger partial charge in [-0.1, -0.05) is 0 Å². The molecule has 2 amide bonds. The number of thiol groups is 1. The summed E-state index contributed by atoms with van der Waals surface area (Å²) in [4.78, 5) is 21.8. The van der Waals surface area contributed by atoms with Gasteiger partial charge in [-0.25, -0.2) is 0 Å². The van der Waals surface area contributed by atoms with E-state index >= 15 is 0 Å². The molecule has 70 valence electrons. The molecule has 0 saturated carbocycles. The molecule has 0 aromatic rings. The second-order valence-electron chi connectivity index (χ2n) is 3.15. The lowest BCUT2D eigenvalue weighted by molar-refractivity contribution is -0.129. The molecule has 0 aromatic carbocycles. The van der Waals surface area contributed by atoms with E-state index in [4.69, 9.17) is 5.73 Å². The van der Waals surface area contributed by atoms with Crippen LogP contribution in [0.2, 0.25) is 0 Å². The summed E-state index contributed by atoms with van der Waals surface area (Å²) in [5, 5.41) is 2.02. The van der Waals surface area contributed by atoms with Crippen LogP contribution in [-0.2, 0) is 9.59 Å². The fraction of sp³-hybridized carbons (Fsp3) is 0.714. The first-order valence-corrected chi connectivity index (χ1v) is 4.09. The van der Waals surface area contributed by atoms with E-state index in [0.717, 1.165) is 0 Å². The van der Waals surface area contributed by atoms with Gasteiger partial charge < -0.3 is 11.1 Å². The first kappa shape index (κ1) is 11.3. The van der Waals surface area contributed by atoms with Gasteiger partial charge in [0.05, 0.1) is 5.25 Å². The first-order valence-electron chi connectivity index (χ1n) is 3.57. The van der Waals surface area contributed by atoms with Gasteiger partial charge in [0.15, 0.2) is 0 Å². The standard InChI is InChI=1S/C7H14N2O2S/c1-4(12)5(10)9-7(2,3)6(8)11/h4,12H,1-3H3,(H2,8,11)(H,9,10). The Morgan fingerprint density at radius 2 is 1.92 bits per heavy atom. The van der Waals surface area contributed by atoms with Crippen molar-refractivity contribution in [3.8, 4) is 0 Å². The van der Waals surface area contributed by atoms with Crippen LogP contribution < -0.4 is 11.1 Å². The van der Waals surface area contributed by atoms with Crippen LogP contribution in [0.5, 0.6) is 0 Å². The van der Waals surface area contributed by atoms with Crippen molar-refractivity contribution in [3.63, 3.8) is 0 Å². The monoisotopic (exact) mass is 190 g/mol. The molecule has 0 heterocycles. The predicted molar refractivity (Wildman–Crippen MR) is 49.9 cm³/mol.